The summed E-state index contributed by atoms with van der Waals surface area (Å²) >= 11 is 0. The Labute approximate surface area is 184 Å². The van der Waals surface area contributed by atoms with Crippen LogP contribution in [-0.4, -0.2) is 52.6 Å². The Morgan fingerprint density at radius 1 is 1.24 bits per heavy atom. The molecule has 0 radical (unpaired) electrons. The van der Waals surface area contributed by atoms with Gasteiger partial charge in [-0.3, -0.25) is 9.78 Å². The second-order valence-corrected chi connectivity index (χ2v) is 8.51. The maximum atomic E-state index is 13.2. The summed E-state index contributed by atoms with van der Waals surface area (Å²) in [6.07, 6.45) is 0.446. The van der Waals surface area contributed by atoms with Crippen LogP contribution in [0.4, 0.5) is 13.2 Å². The predicted molar refractivity (Wildman–Crippen MR) is 110 cm³/mol. The molecule has 1 N–H and O–H groups in total. The van der Waals surface area contributed by atoms with E-state index in [1.807, 2.05) is 22.8 Å². The lowest BCUT2D eigenvalue weighted by atomic mass is 10.0. The number of aromatic amines is 1. The lowest BCUT2D eigenvalue weighted by Crippen LogP contribution is -2.19. The van der Waals surface area contributed by atoms with Crippen LogP contribution in [-0.2, 0) is 19.6 Å². The van der Waals surface area contributed by atoms with E-state index in [4.69, 9.17) is 4.74 Å². The second kappa shape index (κ2) is 6.12. The molecule has 3 aromatic heterocycles. The first-order valence-corrected chi connectivity index (χ1v) is 10.5. The molecule has 0 saturated carbocycles. The Bertz CT molecular complexity index is 1490. The molecule has 8 nitrogen and oxygen atoms in total. The fourth-order valence-corrected chi connectivity index (χ4v) is 4.77. The van der Waals surface area contributed by atoms with Gasteiger partial charge in [0.2, 0.25) is 0 Å². The van der Waals surface area contributed by atoms with Crippen LogP contribution in [0, 0.1) is 0 Å². The number of nitrogens with zero attached hydrogens (tertiary/aromatic N) is 6. The molecule has 1 fully saturated rings. The summed E-state index contributed by atoms with van der Waals surface area (Å²) in [6, 6.07) is 7.31. The lowest BCUT2D eigenvalue weighted by molar-refractivity contribution is -0.528. The largest absolute Gasteiger partial charge is 0.435 e. The van der Waals surface area contributed by atoms with Crippen LogP contribution in [0.5, 0.6) is 5.75 Å². The van der Waals surface area contributed by atoms with Crippen molar-refractivity contribution < 1.29 is 22.5 Å². The normalized spacial score (nSPS) is 18.1. The molecule has 33 heavy (non-hydrogen) atoms. The molecule has 7 rings (SSSR count). The van der Waals surface area contributed by atoms with Gasteiger partial charge in [-0.2, -0.15) is 27.9 Å². The molecule has 3 aliphatic rings. The highest BCUT2D eigenvalue weighted by Crippen LogP contribution is 2.40. The van der Waals surface area contributed by atoms with Crippen molar-refractivity contribution in [2.24, 2.45) is 7.05 Å². The number of ether oxygens (including phenoxy) is 1. The minimum absolute atomic E-state index is 0.305. The Kier molecular flexibility index (Phi) is 3.46. The molecule has 0 bridgehead atoms. The van der Waals surface area contributed by atoms with Gasteiger partial charge >= 0.3 is 12.1 Å². The summed E-state index contributed by atoms with van der Waals surface area (Å²) in [4.78, 5) is 4.49. The lowest BCUT2D eigenvalue weighted by Gasteiger charge is -2.11. The van der Waals surface area contributed by atoms with E-state index in [-0.39, 0.29) is 0 Å². The number of alkyl halides is 3. The Balaban J connectivity index is 1.36. The highest BCUT2D eigenvalue weighted by Gasteiger charge is 2.60. The maximum Gasteiger partial charge on any atom is 0.435 e. The van der Waals surface area contributed by atoms with Crippen molar-refractivity contribution in [1.82, 2.24) is 29.5 Å². The van der Waals surface area contributed by atoms with E-state index in [2.05, 4.69) is 24.9 Å². The van der Waals surface area contributed by atoms with Crippen molar-refractivity contribution in [3.05, 3.63) is 53.7 Å². The predicted octanol–water partition coefficient (Wildman–Crippen LogP) is 3.16. The number of aryl methyl sites for hydroxylation is 1. The minimum Gasteiger partial charge on any atom is -0.404 e. The van der Waals surface area contributed by atoms with E-state index in [0.717, 1.165) is 58.9 Å². The molecule has 3 aliphatic heterocycles. The number of fused-ring (bicyclic) bond motifs is 6. The molecular formula is C22H17F3N7O+. The average molecular weight is 452 g/mol. The standard InChI is InChI=1S/C22H17F3N7O/c1-30-16(8-18(29-30)22(23,24)25)20-17-6-11-9-27-28-19(11)13-7-12(33-21-15-4-5-31(15)21)2-3-14(13)32(17)10-26-20/h2-3,7-10,15H,4-6H2,1H3,(H,27,28)/q+1. The molecule has 0 aliphatic carbocycles. The third-order valence-corrected chi connectivity index (χ3v) is 6.59. The van der Waals surface area contributed by atoms with E-state index >= 15 is 0 Å². The maximum absolute atomic E-state index is 13.2. The quantitative estimate of drug-likeness (QED) is 0.418. The highest BCUT2D eigenvalue weighted by atomic mass is 19.4. The van der Waals surface area contributed by atoms with Gasteiger partial charge in [-0.15, -0.1) is 0 Å². The van der Waals surface area contributed by atoms with E-state index in [9.17, 15) is 13.2 Å². The topological polar surface area (TPSA) is 76.6 Å². The molecule has 1 atom stereocenters. The van der Waals surface area contributed by atoms with Gasteiger partial charge in [-0.05, 0) is 24.3 Å². The van der Waals surface area contributed by atoms with Crippen molar-refractivity contribution in [3.8, 4) is 34.1 Å². The summed E-state index contributed by atoms with van der Waals surface area (Å²) in [5.41, 5.74) is 4.11. The van der Waals surface area contributed by atoms with Crippen LogP contribution >= 0.6 is 0 Å². The second-order valence-electron chi connectivity index (χ2n) is 8.51. The Hall–Kier alpha value is -3.89. The van der Waals surface area contributed by atoms with E-state index in [1.54, 1.807) is 12.5 Å². The van der Waals surface area contributed by atoms with Gasteiger partial charge in [0.15, 0.2) is 12.2 Å². The first kappa shape index (κ1) is 18.7. The summed E-state index contributed by atoms with van der Waals surface area (Å²) < 4.78 is 51.2. The zero-order valence-corrected chi connectivity index (χ0v) is 17.4. The number of rotatable bonds is 2. The van der Waals surface area contributed by atoms with Gasteiger partial charge in [0.25, 0.3) is 6.04 Å². The Morgan fingerprint density at radius 2 is 2.09 bits per heavy atom. The van der Waals surface area contributed by atoms with Crippen LogP contribution in [0.15, 0.2) is 36.8 Å². The number of hydrogen-bond donors (Lipinski definition) is 1. The molecule has 166 valence electrons. The van der Waals surface area contributed by atoms with Crippen molar-refractivity contribution in [3.63, 3.8) is 0 Å². The Morgan fingerprint density at radius 3 is 2.82 bits per heavy atom. The number of imidazole rings is 1. The summed E-state index contributed by atoms with van der Waals surface area (Å²) in [6.45, 7) is 1.04. The van der Waals surface area contributed by atoms with E-state index in [0.29, 0.717) is 23.9 Å². The first-order valence-electron chi connectivity index (χ1n) is 10.5. The fourth-order valence-electron chi connectivity index (χ4n) is 4.77. The number of aromatic nitrogens is 6. The molecule has 1 saturated heterocycles. The number of benzene rings is 1. The summed E-state index contributed by atoms with van der Waals surface area (Å²) in [7, 11) is 1.49. The molecule has 1 unspecified atom stereocenters. The number of halogens is 3. The molecule has 0 spiro atoms. The zero-order valence-electron chi connectivity index (χ0n) is 17.4. The highest BCUT2D eigenvalue weighted by molar-refractivity contribution is 5.88. The molecule has 11 heteroatoms. The van der Waals surface area contributed by atoms with Crippen molar-refractivity contribution in [1.29, 1.82) is 0 Å². The molecule has 0 amide bonds. The molecular weight excluding hydrogens is 435 g/mol. The van der Waals surface area contributed by atoms with Crippen molar-refractivity contribution in [2.75, 3.05) is 6.54 Å². The molecule has 6 heterocycles. The third-order valence-electron chi connectivity index (χ3n) is 6.59. The minimum atomic E-state index is -4.52. The summed E-state index contributed by atoms with van der Waals surface area (Å²) in [5.74, 6) is 1.75. The van der Waals surface area contributed by atoms with Crippen molar-refractivity contribution in [2.45, 2.75) is 25.1 Å². The molecule has 1 aromatic carbocycles. The zero-order chi connectivity index (χ0) is 22.5. The first-order chi connectivity index (χ1) is 15.9. The SMILES string of the molecule is Cn1nc(C(F)(F)F)cc1-c1ncn2c1Cc1cn[nH]c1-c1cc(OC3=[N+]4CCC34)ccc1-2. The average Bonchev–Trinajstić information content (AvgIpc) is 3.23. The van der Waals surface area contributed by atoms with Gasteiger partial charge in [0.05, 0.1) is 35.4 Å². The van der Waals surface area contributed by atoms with Crippen LogP contribution in [0.3, 0.4) is 0 Å². The van der Waals surface area contributed by atoms with E-state index in [1.165, 1.54) is 11.7 Å². The van der Waals surface area contributed by atoms with Crippen LogP contribution in [0.2, 0.25) is 0 Å². The van der Waals surface area contributed by atoms with Crippen LogP contribution < -0.4 is 4.74 Å². The van der Waals surface area contributed by atoms with Gasteiger partial charge in [-0.25, -0.2) is 4.98 Å². The van der Waals surface area contributed by atoms with Gasteiger partial charge in [0, 0.05) is 24.6 Å². The smallest absolute Gasteiger partial charge is 0.404 e. The number of H-pyrrole nitrogens is 1. The van der Waals surface area contributed by atoms with Gasteiger partial charge in [0.1, 0.15) is 17.8 Å². The summed E-state index contributed by atoms with van der Waals surface area (Å²) in [5, 5.41) is 10.9. The van der Waals surface area contributed by atoms with E-state index < -0.39 is 11.9 Å². The third kappa shape index (κ3) is 2.65. The van der Waals surface area contributed by atoms with Crippen LogP contribution in [0.1, 0.15) is 23.4 Å². The van der Waals surface area contributed by atoms with Crippen molar-refractivity contribution >= 4 is 5.90 Å². The van der Waals surface area contributed by atoms with Gasteiger partial charge < -0.3 is 9.30 Å². The number of hydrogen-bond acceptors (Lipinski definition) is 4. The number of nitrogens with one attached hydrogen (secondary N) is 1. The van der Waals surface area contributed by atoms with Crippen LogP contribution in [0.25, 0.3) is 28.3 Å². The monoisotopic (exact) mass is 452 g/mol. The fraction of sp³-hybridized carbons (Fsp3) is 0.273. The molecule has 4 aromatic rings. The van der Waals surface area contributed by atoms with Gasteiger partial charge in [-0.1, -0.05) is 0 Å².